The molecule has 1 saturated heterocycles. The van der Waals surface area contributed by atoms with Crippen molar-refractivity contribution in [1.82, 2.24) is 5.32 Å². The van der Waals surface area contributed by atoms with Gasteiger partial charge in [0, 0.05) is 19.0 Å². The summed E-state index contributed by atoms with van der Waals surface area (Å²) in [5, 5.41) is 3.32. The topological polar surface area (TPSA) is 21.3 Å². The third-order valence-electron chi connectivity index (χ3n) is 2.04. The molecule has 1 N–H and O–H groups in total. The van der Waals surface area contributed by atoms with Crippen molar-refractivity contribution in [3.8, 4) is 0 Å². The Morgan fingerprint density at radius 2 is 2.45 bits per heavy atom. The summed E-state index contributed by atoms with van der Waals surface area (Å²) in [6.07, 6.45) is 4.65. The maximum absolute atomic E-state index is 5.58. The number of hydrogen-bond acceptors (Lipinski definition) is 2. The van der Waals surface area contributed by atoms with Gasteiger partial charge in [0.1, 0.15) is 0 Å². The zero-order chi connectivity index (χ0) is 8.10. The van der Waals surface area contributed by atoms with Crippen LogP contribution < -0.4 is 5.32 Å². The van der Waals surface area contributed by atoms with Gasteiger partial charge >= 0.3 is 0 Å². The standard InChI is InChI=1S/C9H17NO/c1-3-4-8(2)9-7-10-5-6-11-9/h3-4,8-10H,5-7H2,1-2H3/b4-3+. The minimum atomic E-state index is 0.375. The lowest BCUT2D eigenvalue weighted by Crippen LogP contribution is -2.41. The van der Waals surface area contributed by atoms with Gasteiger partial charge in [0.15, 0.2) is 0 Å². The van der Waals surface area contributed by atoms with Crippen LogP contribution in [0.25, 0.3) is 0 Å². The monoisotopic (exact) mass is 155 g/mol. The summed E-state index contributed by atoms with van der Waals surface area (Å²) in [7, 11) is 0. The second-order valence-electron chi connectivity index (χ2n) is 3.00. The predicted octanol–water partition coefficient (Wildman–Crippen LogP) is 1.19. The zero-order valence-corrected chi connectivity index (χ0v) is 7.34. The Morgan fingerprint density at radius 1 is 1.64 bits per heavy atom. The van der Waals surface area contributed by atoms with Crippen molar-refractivity contribution < 1.29 is 4.74 Å². The van der Waals surface area contributed by atoms with Crippen molar-refractivity contribution in [2.45, 2.75) is 20.0 Å². The van der Waals surface area contributed by atoms with E-state index in [0.717, 1.165) is 19.7 Å². The van der Waals surface area contributed by atoms with Gasteiger partial charge in [-0.25, -0.2) is 0 Å². The smallest absolute Gasteiger partial charge is 0.0759 e. The second-order valence-corrected chi connectivity index (χ2v) is 3.00. The molecule has 0 aromatic rings. The maximum atomic E-state index is 5.58. The van der Waals surface area contributed by atoms with E-state index in [-0.39, 0.29) is 0 Å². The van der Waals surface area contributed by atoms with Crippen LogP contribution in [0, 0.1) is 5.92 Å². The molecule has 1 aliphatic heterocycles. The van der Waals surface area contributed by atoms with Gasteiger partial charge < -0.3 is 10.1 Å². The highest BCUT2D eigenvalue weighted by atomic mass is 16.5. The molecule has 1 rings (SSSR count). The number of morpholine rings is 1. The highest BCUT2D eigenvalue weighted by Gasteiger charge is 2.17. The minimum Gasteiger partial charge on any atom is -0.375 e. The van der Waals surface area contributed by atoms with E-state index < -0.39 is 0 Å². The van der Waals surface area contributed by atoms with E-state index in [9.17, 15) is 0 Å². The first-order valence-corrected chi connectivity index (χ1v) is 4.29. The number of hydrogen-bond donors (Lipinski definition) is 1. The molecule has 1 heterocycles. The van der Waals surface area contributed by atoms with E-state index >= 15 is 0 Å². The van der Waals surface area contributed by atoms with E-state index in [2.05, 4.69) is 24.4 Å². The molecule has 11 heavy (non-hydrogen) atoms. The van der Waals surface area contributed by atoms with Gasteiger partial charge in [0.2, 0.25) is 0 Å². The fourth-order valence-electron chi connectivity index (χ4n) is 1.35. The van der Waals surface area contributed by atoms with Crippen LogP contribution in [-0.2, 0) is 4.74 Å². The molecule has 0 radical (unpaired) electrons. The second kappa shape index (κ2) is 4.52. The first-order chi connectivity index (χ1) is 5.34. The van der Waals surface area contributed by atoms with Gasteiger partial charge in [-0.1, -0.05) is 19.1 Å². The zero-order valence-electron chi connectivity index (χ0n) is 7.34. The summed E-state index contributed by atoms with van der Waals surface area (Å²) in [6.45, 7) is 7.08. The molecule has 2 nitrogen and oxygen atoms in total. The van der Waals surface area contributed by atoms with Crippen LogP contribution >= 0.6 is 0 Å². The summed E-state index contributed by atoms with van der Waals surface area (Å²) < 4.78 is 5.58. The quantitative estimate of drug-likeness (QED) is 0.605. The number of ether oxygens (including phenoxy) is 1. The molecule has 0 aromatic heterocycles. The number of allylic oxidation sites excluding steroid dienone is 1. The van der Waals surface area contributed by atoms with Crippen LogP contribution in [0.1, 0.15) is 13.8 Å². The van der Waals surface area contributed by atoms with Gasteiger partial charge in [-0.2, -0.15) is 0 Å². The molecule has 1 fully saturated rings. The van der Waals surface area contributed by atoms with E-state index in [1.54, 1.807) is 0 Å². The van der Waals surface area contributed by atoms with Crippen LogP contribution in [0.3, 0.4) is 0 Å². The Bertz CT molecular complexity index is 128. The Kier molecular flexibility index (Phi) is 3.60. The maximum Gasteiger partial charge on any atom is 0.0759 e. The molecular weight excluding hydrogens is 138 g/mol. The van der Waals surface area contributed by atoms with E-state index in [4.69, 9.17) is 4.74 Å². The Hall–Kier alpha value is -0.340. The van der Waals surface area contributed by atoms with E-state index in [1.807, 2.05) is 6.92 Å². The Balaban J connectivity index is 2.32. The number of rotatable bonds is 2. The summed E-state index contributed by atoms with van der Waals surface area (Å²) in [5.41, 5.74) is 0. The highest BCUT2D eigenvalue weighted by Crippen LogP contribution is 2.10. The molecule has 0 spiro atoms. The van der Waals surface area contributed by atoms with E-state index in [1.165, 1.54) is 0 Å². The van der Waals surface area contributed by atoms with Crippen molar-refractivity contribution >= 4 is 0 Å². The van der Waals surface area contributed by atoms with Gasteiger partial charge in [-0.05, 0) is 6.92 Å². The van der Waals surface area contributed by atoms with Gasteiger partial charge in [-0.3, -0.25) is 0 Å². The molecule has 0 bridgehead atoms. The molecule has 1 aliphatic rings. The van der Waals surface area contributed by atoms with Crippen molar-refractivity contribution in [3.63, 3.8) is 0 Å². The fourth-order valence-corrected chi connectivity index (χ4v) is 1.35. The average molecular weight is 155 g/mol. The van der Waals surface area contributed by atoms with Crippen LogP contribution in [0.2, 0.25) is 0 Å². The summed E-state index contributed by atoms with van der Waals surface area (Å²) in [4.78, 5) is 0. The minimum absolute atomic E-state index is 0.375. The molecule has 0 aromatic carbocycles. The van der Waals surface area contributed by atoms with Crippen molar-refractivity contribution in [2.75, 3.05) is 19.7 Å². The van der Waals surface area contributed by atoms with Crippen LogP contribution in [0.4, 0.5) is 0 Å². The number of nitrogens with one attached hydrogen (secondary N) is 1. The van der Waals surface area contributed by atoms with Gasteiger partial charge in [-0.15, -0.1) is 0 Å². The molecule has 2 unspecified atom stereocenters. The highest BCUT2D eigenvalue weighted by molar-refractivity contribution is 4.89. The van der Waals surface area contributed by atoms with Crippen molar-refractivity contribution in [3.05, 3.63) is 12.2 Å². The van der Waals surface area contributed by atoms with Crippen LogP contribution in [-0.4, -0.2) is 25.8 Å². The molecule has 0 amide bonds. The molecule has 0 aliphatic carbocycles. The molecule has 2 heteroatoms. The summed E-state index contributed by atoms with van der Waals surface area (Å²) in [5.74, 6) is 0.535. The molecule has 64 valence electrons. The Labute approximate surface area is 68.6 Å². The Morgan fingerprint density at radius 3 is 3.00 bits per heavy atom. The van der Waals surface area contributed by atoms with Crippen molar-refractivity contribution in [1.29, 1.82) is 0 Å². The van der Waals surface area contributed by atoms with Crippen LogP contribution in [0.15, 0.2) is 12.2 Å². The summed E-state index contributed by atoms with van der Waals surface area (Å²) in [6, 6.07) is 0. The lowest BCUT2D eigenvalue weighted by molar-refractivity contribution is 0.00736. The molecule has 0 saturated carbocycles. The van der Waals surface area contributed by atoms with Gasteiger partial charge in [0.05, 0.1) is 12.7 Å². The van der Waals surface area contributed by atoms with Crippen LogP contribution in [0.5, 0.6) is 0 Å². The summed E-state index contributed by atoms with van der Waals surface area (Å²) >= 11 is 0. The average Bonchev–Trinajstić information content (AvgIpc) is 2.07. The normalized spacial score (nSPS) is 29.1. The lowest BCUT2D eigenvalue weighted by Gasteiger charge is -2.26. The third kappa shape index (κ3) is 2.64. The largest absolute Gasteiger partial charge is 0.375 e. The molecular formula is C9H17NO. The van der Waals surface area contributed by atoms with Gasteiger partial charge in [0.25, 0.3) is 0 Å². The first-order valence-electron chi connectivity index (χ1n) is 4.29. The SMILES string of the molecule is C/C=C/C(C)C1CNCCO1. The first kappa shape index (κ1) is 8.75. The molecule has 2 atom stereocenters. The predicted molar refractivity (Wildman–Crippen MR) is 46.6 cm³/mol. The fraction of sp³-hybridized carbons (Fsp3) is 0.778. The lowest BCUT2D eigenvalue weighted by atomic mass is 10.0. The van der Waals surface area contributed by atoms with Crippen molar-refractivity contribution in [2.24, 2.45) is 5.92 Å². The third-order valence-corrected chi connectivity index (χ3v) is 2.04. The van der Waals surface area contributed by atoms with E-state index in [0.29, 0.717) is 12.0 Å².